The molecule has 2 nitrogen and oxygen atoms in total. The van der Waals surface area contributed by atoms with Gasteiger partial charge < -0.3 is 10.2 Å². The summed E-state index contributed by atoms with van der Waals surface area (Å²) in [5.74, 6) is 4.42. The maximum atomic E-state index is 11.7. The maximum Gasteiger partial charge on any atom is 0.122 e. The van der Waals surface area contributed by atoms with Crippen LogP contribution in [-0.2, 0) is 10.8 Å². The minimum atomic E-state index is -0.113. The van der Waals surface area contributed by atoms with Gasteiger partial charge in [-0.25, -0.2) is 0 Å². The van der Waals surface area contributed by atoms with E-state index in [4.69, 9.17) is 0 Å². The predicted molar refractivity (Wildman–Crippen MR) is 141 cm³/mol. The van der Waals surface area contributed by atoms with Crippen LogP contribution in [0.5, 0.6) is 11.5 Å². The van der Waals surface area contributed by atoms with E-state index in [1.807, 2.05) is 0 Å². The molecule has 2 aromatic carbocycles. The van der Waals surface area contributed by atoms with Crippen molar-refractivity contribution >= 4 is 0 Å². The molecule has 0 aromatic heterocycles. The number of aromatic hydroxyl groups is 2. The summed E-state index contributed by atoms with van der Waals surface area (Å²) >= 11 is 0. The normalized spacial score (nSPS) is 30.7. The second kappa shape index (κ2) is 7.77. The summed E-state index contributed by atoms with van der Waals surface area (Å²) < 4.78 is 0. The molecule has 3 fully saturated rings. The lowest BCUT2D eigenvalue weighted by atomic mass is 9.71. The van der Waals surface area contributed by atoms with Gasteiger partial charge in [-0.3, -0.25) is 0 Å². The first-order valence-electron chi connectivity index (χ1n) is 13.5. The predicted octanol–water partition coefficient (Wildman–Crippen LogP) is 8.24. The van der Waals surface area contributed by atoms with Gasteiger partial charge in [0.05, 0.1) is 0 Å². The first kappa shape index (κ1) is 23.8. The highest BCUT2D eigenvalue weighted by molar-refractivity contribution is 5.54. The van der Waals surface area contributed by atoms with Crippen molar-refractivity contribution in [2.45, 2.75) is 104 Å². The molecule has 3 saturated carbocycles. The van der Waals surface area contributed by atoms with Crippen LogP contribution in [0.3, 0.4) is 0 Å². The van der Waals surface area contributed by atoms with Gasteiger partial charge in [0.15, 0.2) is 0 Å². The number of rotatable bonds is 2. The number of benzene rings is 2. The molecular weight excluding hydrogens is 416 g/mol. The third-order valence-electron chi connectivity index (χ3n) is 9.47. The molecule has 6 atom stereocenters. The van der Waals surface area contributed by atoms with Crippen LogP contribution in [0.25, 0.3) is 0 Å². The molecule has 2 N–H and O–H groups in total. The van der Waals surface area contributed by atoms with Crippen LogP contribution in [0.1, 0.15) is 112 Å². The molecule has 0 unspecified atom stereocenters. The average molecular weight is 461 g/mol. The van der Waals surface area contributed by atoms with E-state index in [2.05, 4.69) is 79.7 Å². The second-order valence-corrected chi connectivity index (χ2v) is 13.9. The van der Waals surface area contributed by atoms with Crippen molar-refractivity contribution in [1.82, 2.24) is 0 Å². The maximum absolute atomic E-state index is 11.7. The van der Waals surface area contributed by atoms with E-state index < -0.39 is 0 Å². The van der Waals surface area contributed by atoms with Gasteiger partial charge in [0.2, 0.25) is 0 Å². The molecule has 0 heterocycles. The van der Waals surface area contributed by atoms with E-state index in [1.54, 1.807) is 0 Å². The molecule has 2 bridgehead atoms. The number of phenolic OH excluding ortho intramolecular Hbond substituents is 2. The SMILES string of the molecule is Cc1cc([C@H]2[C@@H]3[C@H]4CC[C@H](C4)[C@H]3C[C@@H]2c2cc(C)cc(C(C)(C)C)c2O)c(O)c(C(C)(C)C)c1. The zero-order chi connectivity index (χ0) is 24.7. The highest BCUT2D eigenvalue weighted by Crippen LogP contribution is 2.68. The Morgan fingerprint density at radius 1 is 0.676 bits per heavy atom. The fourth-order valence-electron chi connectivity index (χ4n) is 8.11. The van der Waals surface area contributed by atoms with Crippen LogP contribution in [0.2, 0.25) is 0 Å². The van der Waals surface area contributed by atoms with Crippen LogP contribution < -0.4 is 0 Å². The summed E-state index contributed by atoms with van der Waals surface area (Å²) in [5, 5.41) is 23.3. The highest BCUT2D eigenvalue weighted by atomic mass is 16.3. The van der Waals surface area contributed by atoms with E-state index in [1.165, 1.54) is 30.4 Å². The standard InChI is InChI=1S/C32H44O2/c1-17-11-23(29(33)25(13-17)31(3,4)5)22-16-21-19-9-10-20(15-19)27(21)28(22)24-12-18(2)14-26(30(24)34)32(6,7)8/h11-14,19-22,27-28,33-34H,9-10,15-16H2,1-8H3/t19-,20+,21-,22-,27-,28+/m1/s1. The number of phenols is 2. The zero-order valence-electron chi connectivity index (χ0n) is 22.5. The van der Waals surface area contributed by atoms with Crippen molar-refractivity contribution in [3.63, 3.8) is 0 Å². The summed E-state index contributed by atoms with van der Waals surface area (Å²) in [6.07, 6.45) is 5.20. The van der Waals surface area contributed by atoms with Crippen molar-refractivity contribution in [2.75, 3.05) is 0 Å². The molecule has 3 aliphatic rings. The van der Waals surface area contributed by atoms with Crippen LogP contribution in [0, 0.1) is 37.5 Å². The van der Waals surface area contributed by atoms with Crippen LogP contribution in [0.4, 0.5) is 0 Å². The van der Waals surface area contributed by atoms with E-state index >= 15 is 0 Å². The Kier molecular flexibility index (Phi) is 5.43. The fraction of sp³-hybridized carbons (Fsp3) is 0.625. The minimum Gasteiger partial charge on any atom is -0.507 e. The minimum absolute atomic E-state index is 0.112. The Morgan fingerprint density at radius 3 is 1.74 bits per heavy atom. The van der Waals surface area contributed by atoms with Crippen molar-refractivity contribution < 1.29 is 10.2 Å². The van der Waals surface area contributed by atoms with Gasteiger partial charge in [-0.15, -0.1) is 0 Å². The lowest BCUT2D eigenvalue weighted by molar-refractivity contribution is 0.240. The number of hydrogen-bond acceptors (Lipinski definition) is 2. The van der Waals surface area contributed by atoms with E-state index in [-0.39, 0.29) is 22.7 Å². The molecule has 34 heavy (non-hydrogen) atoms. The summed E-state index contributed by atoms with van der Waals surface area (Å²) in [6.45, 7) is 17.5. The lowest BCUT2D eigenvalue weighted by Gasteiger charge is -2.34. The van der Waals surface area contributed by atoms with Gasteiger partial charge in [-0.1, -0.05) is 76.9 Å². The molecule has 2 heteroatoms. The number of hydrogen-bond donors (Lipinski definition) is 2. The lowest BCUT2D eigenvalue weighted by Crippen LogP contribution is -2.23. The topological polar surface area (TPSA) is 40.5 Å². The smallest absolute Gasteiger partial charge is 0.122 e. The molecule has 0 radical (unpaired) electrons. The van der Waals surface area contributed by atoms with E-state index in [0.717, 1.165) is 40.5 Å². The second-order valence-electron chi connectivity index (χ2n) is 13.9. The molecule has 184 valence electrons. The van der Waals surface area contributed by atoms with E-state index in [0.29, 0.717) is 23.3 Å². The largest absolute Gasteiger partial charge is 0.507 e. The van der Waals surface area contributed by atoms with Gasteiger partial charge >= 0.3 is 0 Å². The van der Waals surface area contributed by atoms with Gasteiger partial charge in [-0.2, -0.15) is 0 Å². The Hall–Kier alpha value is -1.96. The monoisotopic (exact) mass is 460 g/mol. The molecule has 5 rings (SSSR count). The van der Waals surface area contributed by atoms with Gasteiger partial charge in [-0.05, 0) is 108 Å². The van der Waals surface area contributed by atoms with Crippen LogP contribution in [-0.4, -0.2) is 10.2 Å². The Labute approximate surface area is 206 Å². The molecule has 0 amide bonds. The molecule has 0 saturated heterocycles. The first-order valence-corrected chi connectivity index (χ1v) is 13.5. The zero-order valence-corrected chi connectivity index (χ0v) is 22.5. The summed E-state index contributed by atoms with van der Waals surface area (Å²) in [4.78, 5) is 0. The molecular formula is C32H44O2. The Balaban J connectivity index is 1.71. The molecule has 2 aromatic rings. The third kappa shape index (κ3) is 3.67. The first-order chi connectivity index (χ1) is 15.8. The summed E-state index contributed by atoms with van der Waals surface area (Å²) in [5.41, 5.74) is 6.57. The quantitative estimate of drug-likeness (QED) is 0.474. The Morgan fingerprint density at radius 2 is 1.18 bits per heavy atom. The van der Waals surface area contributed by atoms with Crippen molar-refractivity contribution in [3.8, 4) is 11.5 Å². The fourth-order valence-corrected chi connectivity index (χ4v) is 8.11. The van der Waals surface area contributed by atoms with Crippen LogP contribution in [0.15, 0.2) is 24.3 Å². The molecule has 0 aliphatic heterocycles. The van der Waals surface area contributed by atoms with Crippen molar-refractivity contribution in [1.29, 1.82) is 0 Å². The average Bonchev–Trinajstić information content (AvgIpc) is 3.41. The third-order valence-corrected chi connectivity index (χ3v) is 9.47. The Bertz CT molecular complexity index is 1110. The van der Waals surface area contributed by atoms with Crippen molar-refractivity contribution in [3.05, 3.63) is 57.6 Å². The molecule has 0 spiro atoms. The number of fused-ring (bicyclic) bond motifs is 5. The summed E-state index contributed by atoms with van der Waals surface area (Å²) in [7, 11) is 0. The van der Waals surface area contributed by atoms with Crippen LogP contribution >= 0.6 is 0 Å². The number of aryl methyl sites for hydroxylation is 2. The summed E-state index contributed by atoms with van der Waals surface area (Å²) in [6, 6.07) is 8.83. The van der Waals surface area contributed by atoms with Gasteiger partial charge in [0.1, 0.15) is 11.5 Å². The van der Waals surface area contributed by atoms with E-state index in [9.17, 15) is 10.2 Å². The van der Waals surface area contributed by atoms with Gasteiger partial charge in [0, 0.05) is 0 Å². The van der Waals surface area contributed by atoms with Gasteiger partial charge in [0.25, 0.3) is 0 Å². The molecule has 3 aliphatic carbocycles. The van der Waals surface area contributed by atoms with Crippen molar-refractivity contribution in [2.24, 2.45) is 23.7 Å². The highest BCUT2D eigenvalue weighted by Gasteiger charge is 2.58.